The summed E-state index contributed by atoms with van der Waals surface area (Å²) >= 11 is 6.12. The molecule has 2 aromatic carbocycles. The zero-order chi connectivity index (χ0) is 15.6. The van der Waals surface area contributed by atoms with Gasteiger partial charge in [-0.05, 0) is 36.1 Å². The second-order valence-electron chi connectivity index (χ2n) is 6.24. The highest BCUT2D eigenvalue weighted by atomic mass is 35.5. The summed E-state index contributed by atoms with van der Waals surface area (Å²) in [6.07, 6.45) is 3.45. The molecule has 1 saturated heterocycles. The third-order valence-corrected chi connectivity index (χ3v) is 4.77. The van der Waals surface area contributed by atoms with Crippen LogP contribution in [0.25, 0.3) is 0 Å². The van der Waals surface area contributed by atoms with Gasteiger partial charge in [0, 0.05) is 30.6 Å². The first kappa shape index (κ1) is 14.9. The first-order valence-corrected chi connectivity index (χ1v) is 8.56. The van der Waals surface area contributed by atoms with Crippen molar-refractivity contribution in [2.75, 3.05) is 13.1 Å². The molecule has 0 bridgehead atoms. The Bertz CT molecular complexity index is 700. The molecule has 3 nitrogen and oxygen atoms in total. The number of nitrogens with one attached hydrogen (secondary N) is 1. The third kappa shape index (κ3) is 3.31. The second kappa shape index (κ2) is 6.42. The molecule has 1 aliphatic heterocycles. The highest BCUT2D eigenvalue weighted by molar-refractivity contribution is 6.30. The van der Waals surface area contributed by atoms with E-state index < -0.39 is 0 Å². The van der Waals surface area contributed by atoms with Crippen molar-refractivity contribution in [2.24, 2.45) is 0 Å². The smallest absolute Gasteiger partial charge is 0.163 e. The van der Waals surface area contributed by atoms with Crippen LogP contribution in [0.15, 0.2) is 42.5 Å². The van der Waals surface area contributed by atoms with Gasteiger partial charge in [-0.15, -0.1) is 0 Å². The molecule has 1 atom stereocenters. The van der Waals surface area contributed by atoms with Crippen LogP contribution >= 0.6 is 11.6 Å². The molecule has 4 heteroatoms. The van der Waals surface area contributed by atoms with Gasteiger partial charge in [0.1, 0.15) is 12.2 Å². The van der Waals surface area contributed by atoms with Crippen LogP contribution in [0.5, 0.6) is 11.5 Å². The predicted octanol–water partition coefficient (Wildman–Crippen LogP) is 3.63. The molecular weight excluding hydrogens is 310 g/mol. The first-order valence-electron chi connectivity index (χ1n) is 8.18. The summed E-state index contributed by atoms with van der Waals surface area (Å²) in [5.41, 5.74) is 2.84. The van der Waals surface area contributed by atoms with Crippen LogP contribution < -0.4 is 14.8 Å². The third-order valence-electron chi connectivity index (χ3n) is 4.54. The van der Waals surface area contributed by atoms with E-state index in [1.165, 1.54) is 11.1 Å². The van der Waals surface area contributed by atoms with E-state index in [0.29, 0.717) is 5.02 Å². The average Bonchev–Trinajstić information content (AvgIpc) is 2.53. The zero-order valence-corrected chi connectivity index (χ0v) is 13.7. The van der Waals surface area contributed by atoms with Crippen molar-refractivity contribution in [1.82, 2.24) is 5.32 Å². The van der Waals surface area contributed by atoms with Crippen molar-refractivity contribution in [3.8, 4) is 11.5 Å². The highest BCUT2D eigenvalue weighted by Crippen LogP contribution is 2.34. The summed E-state index contributed by atoms with van der Waals surface area (Å²) in [6.45, 7) is 1.76. The lowest BCUT2D eigenvalue weighted by atomic mass is 9.90. The normalized spacial score (nSPS) is 20.5. The topological polar surface area (TPSA) is 30.5 Å². The number of aryl methyl sites for hydroxylation is 1. The van der Waals surface area contributed by atoms with Gasteiger partial charge in [0.2, 0.25) is 0 Å². The second-order valence-corrected chi connectivity index (χ2v) is 6.68. The molecule has 4 rings (SSSR count). The Balaban J connectivity index is 1.50. The van der Waals surface area contributed by atoms with E-state index in [1.54, 1.807) is 0 Å². The maximum atomic E-state index is 6.26. The van der Waals surface area contributed by atoms with Gasteiger partial charge in [-0.25, -0.2) is 0 Å². The quantitative estimate of drug-likeness (QED) is 0.929. The maximum absolute atomic E-state index is 6.26. The minimum absolute atomic E-state index is 0.188. The van der Waals surface area contributed by atoms with Crippen LogP contribution in [0.2, 0.25) is 5.02 Å². The van der Waals surface area contributed by atoms with Gasteiger partial charge in [-0.1, -0.05) is 35.9 Å². The Morgan fingerprint density at radius 2 is 1.70 bits per heavy atom. The van der Waals surface area contributed by atoms with E-state index >= 15 is 0 Å². The maximum Gasteiger partial charge on any atom is 0.163 e. The van der Waals surface area contributed by atoms with Crippen molar-refractivity contribution < 1.29 is 9.47 Å². The van der Waals surface area contributed by atoms with Gasteiger partial charge in [-0.2, -0.15) is 0 Å². The van der Waals surface area contributed by atoms with Crippen LogP contribution in [0.3, 0.4) is 0 Å². The average molecular weight is 330 g/mol. The first-order chi connectivity index (χ1) is 11.3. The molecule has 2 aromatic rings. The van der Waals surface area contributed by atoms with E-state index in [0.717, 1.165) is 43.9 Å². The molecule has 0 spiro atoms. The molecule has 0 radical (unpaired) electrons. The number of hydrogen-bond acceptors (Lipinski definition) is 3. The number of hydrogen-bond donors (Lipinski definition) is 1. The van der Waals surface area contributed by atoms with E-state index in [2.05, 4.69) is 29.6 Å². The fourth-order valence-corrected chi connectivity index (χ4v) is 3.30. The number of benzene rings is 2. The molecule has 1 fully saturated rings. The van der Waals surface area contributed by atoms with Crippen LogP contribution in [0.1, 0.15) is 17.5 Å². The van der Waals surface area contributed by atoms with Gasteiger partial charge < -0.3 is 14.8 Å². The summed E-state index contributed by atoms with van der Waals surface area (Å²) in [5.74, 6) is 1.55. The zero-order valence-electron chi connectivity index (χ0n) is 12.9. The number of rotatable bonds is 4. The van der Waals surface area contributed by atoms with Crippen LogP contribution in [0, 0.1) is 0 Å². The van der Waals surface area contributed by atoms with Crippen LogP contribution in [-0.4, -0.2) is 25.3 Å². The van der Waals surface area contributed by atoms with E-state index in [1.807, 2.05) is 18.2 Å². The SMILES string of the molecule is Clc1ccc(OC2CCc3ccccc3C2)c(OC2CNC2)c1. The summed E-state index contributed by atoms with van der Waals surface area (Å²) in [7, 11) is 0. The van der Waals surface area contributed by atoms with Crippen LogP contribution in [-0.2, 0) is 12.8 Å². The fourth-order valence-electron chi connectivity index (χ4n) is 3.14. The van der Waals surface area contributed by atoms with Crippen molar-refractivity contribution >= 4 is 11.6 Å². The van der Waals surface area contributed by atoms with Gasteiger partial charge in [0.15, 0.2) is 11.5 Å². The molecule has 1 N–H and O–H groups in total. The summed E-state index contributed by atoms with van der Waals surface area (Å²) < 4.78 is 12.3. The Morgan fingerprint density at radius 1 is 0.913 bits per heavy atom. The molecule has 1 aliphatic carbocycles. The molecule has 120 valence electrons. The molecule has 1 unspecified atom stereocenters. The summed E-state index contributed by atoms with van der Waals surface area (Å²) in [4.78, 5) is 0. The fraction of sp³-hybridized carbons (Fsp3) is 0.368. The van der Waals surface area contributed by atoms with Gasteiger partial charge in [0.25, 0.3) is 0 Å². The molecular formula is C19H20ClNO2. The number of halogens is 1. The minimum Gasteiger partial charge on any atom is -0.486 e. The highest BCUT2D eigenvalue weighted by Gasteiger charge is 2.23. The van der Waals surface area contributed by atoms with E-state index in [4.69, 9.17) is 21.1 Å². The minimum atomic E-state index is 0.188. The van der Waals surface area contributed by atoms with E-state index in [-0.39, 0.29) is 12.2 Å². The largest absolute Gasteiger partial charge is 0.486 e. The number of ether oxygens (including phenoxy) is 2. The van der Waals surface area contributed by atoms with Gasteiger partial charge >= 0.3 is 0 Å². The lowest BCUT2D eigenvalue weighted by molar-refractivity contribution is 0.124. The Morgan fingerprint density at radius 3 is 2.48 bits per heavy atom. The number of fused-ring (bicyclic) bond motifs is 1. The van der Waals surface area contributed by atoms with Crippen molar-refractivity contribution in [3.63, 3.8) is 0 Å². The Labute approximate surface area is 141 Å². The van der Waals surface area contributed by atoms with E-state index in [9.17, 15) is 0 Å². The van der Waals surface area contributed by atoms with Gasteiger partial charge in [-0.3, -0.25) is 0 Å². The molecule has 0 saturated carbocycles. The molecule has 0 aromatic heterocycles. The summed E-state index contributed by atoms with van der Waals surface area (Å²) in [5, 5.41) is 3.88. The lowest BCUT2D eigenvalue weighted by Gasteiger charge is -2.30. The molecule has 0 amide bonds. The Kier molecular flexibility index (Phi) is 4.15. The van der Waals surface area contributed by atoms with Crippen molar-refractivity contribution in [1.29, 1.82) is 0 Å². The Hall–Kier alpha value is -1.71. The predicted molar refractivity (Wildman–Crippen MR) is 91.6 cm³/mol. The monoisotopic (exact) mass is 329 g/mol. The molecule has 23 heavy (non-hydrogen) atoms. The van der Waals surface area contributed by atoms with Crippen molar-refractivity contribution in [2.45, 2.75) is 31.5 Å². The van der Waals surface area contributed by atoms with Gasteiger partial charge in [0.05, 0.1) is 0 Å². The lowest BCUT2D eigenvalue weighted by Crippen LogP contribution is -2.50. The molecule has 2 aliphatic rings. The molecule has 1 heterocycles. The standard InChI is InChI=1S/C19H20ClNO2/c20-15-6-8-18(19(10-15)23-17-11-21-12-17)22-16-7-5-13-3-1-2-4-14(13)9-16/h1-4,6,8,10,16-17,21H,5,7,9,11-12H2. The van der Waals surface area contributed by atoms with Crippen LogP contribution in [0.4, 0.5) is 0 Å². The van der Waals surface area contributed by atoms with Crippen molar-refractivity contribution in [3.05, 3.63) is 58.6 Å². The summed E-state index contributed by atoms with van der Waals surface area (Å²) in [6, 6.07) is 14.3.